The number of ether oxygens (including phenoxy) is 1. The average Bonchev–Trinajstić information content (AvgIpc) is 2.59. The van der Waals surface area contributed by atoms with Crippen molar-refractivity contribution in [1.29, 1.82) is 0 Å². The number of hydrogen-bond donors (Lipinski definition) is 1. The molecule has 2 aromatic rings. The summed E-state index contributed by atoms with van der Waals surface area (Å²) in [6.45, 7) is -0.748. The van der Waals surface area contributed by atoms with Crippen molar-refractivity contribution in [2.75, 3.05) is 29.5 Å². The second-order valence-electron chi connectivity index (χ2n) is 5.83. The van der Waals surface area contributed by atoms with Crippen molar-refractivity contribution in [1.82, 2.24) is 0 Å². The van der Waals surface area contributed by atoms with Crippen molar-refractivity contribution in [2.45, 2.75) is 6.18 Å². The van der Waals surface area contributed by atoms with Crippen LogP contribution in [0.3, 0.4) is 0 Å². The van der Waals surface area contributed by atoms with Gasteiger partial charge in [0.2, 0.25) is 15.9 Å². The van der Waals surface area contributed by atoms with E-state index >= 15 is 0 Å². The molecule has 0 spiro atoms. The SMILES string of the molecule is COc1ccc(Cl)cc1N(CC(=O)Nc1cc(C(F)(F)F)ccc1Cl)S(C)(=O)=O. The highest BCUT2D eigenvalue weighted by molar-refractivity contribution is 7.92. The van der Waals surface area contributed by atoms with Gasteiger partial charge in [-0.2, -0.15) is 13.2 Å². The van der Waals surface area contributed by atoms with E-state index in [1.165, 1.54) is 25.3 Å². The Balaban J connectivity index is 2.35. The number of carbonyl (C=O) groups excluding carboxylic acids is 1. The topological polar surface area (TPSA) is 75.7 Å². The Morgan fingerprint density at radius 2 is 1.83 bits per heavy atom. The van der Waals surface area contributed by atoms with Crippen LogP contribution in [-0.4, -0.2) is 34.2 Å². The lowest BCUT2D eigenvalue weighted by atomic mass is 10.2. The minimum absolute atomic E-state index is 0.00668. The fraction of sp³-hybridized carbons (Fsp3) is 0.235. The predicted octanol–water partition coefficient (Wildman–Crippen LogP) is 4.43. The van der Waals surface area contributed by atoms with Crippen LogP contribution in [0.15, 0.2) is 36.4 Å². The molecule has 12 heteroatoms. The van der Waals surface area contributed by atoms with Crippen LogP contribution in [0, 0.1) is 0 Å². The number of alkyl halides is 3. The van der Waals surface area contributed by atoms with Crippen LogP contribution in [0.1, 0.15) is 5.56 Å². The molecular weight excluding hydrogens is 456 g/mol. The molecule has 158 valence electrons. The monoisotopic (exact) mass is 470 g/mol. The van der Waals surface area contributed by atoms with E-state index in [1.807, 2.05) is 0 Å². The molecular formula is C17H15Cl2F3N2O4S. The third kappa shape index (κ3) is 5.91. The molecule has 0 aliphatic rings. The van der Waals surface area contributed by atoms with Crippen LogP contribution in [0.5, 0.6) is 5.75 Å². The van der Waals surface area contributed by atoms with Gasteiger partial charge in [-0.1, -0.05) is 23.2 Å². The second kappa shape index (κ2) is 8.68. The van der Waals surface area contributed by atoms with Crippen molar-refractivity contribution in [2.24, 2.45) is 0 Å². The summed E-state index contributed by atoms with van der Waals surface area (Å²) in [5.41, 5.74) is -1.33. The first-order valence-electron chi connectivity index (χ1n) is 7.81. The van der Waals surface area contributed by atoms with Crippen molar-refractivity contribution < 1.29 is 31.1 Å². The van der Waals surface area contributed by atoms with Gasteiger partial charge in [-0.3, -0.25) is 9.10 Å². The van der Waals surface area contributed by atoms with Crippen LogP contribution in [0.2, 0.25) is 10.0 Å². The van der Waals surface area contributed by atoms with E-state index in [0.29, 0.717) is 10.4 Å². The van der Waals surface area contributed by atoms with E-state index in [-0.39, 0.29) is 27.2 Å². The smallest absolute Gasteiger partial charge is 0.416 e. The lowest BCUT2D eigenvalue weighted by Gasteiger charge is -2.24. The summed E-state index contributed by atoms with van der Waals surface area (Å²) in [4.78, 5) is 12.4. The Labute approximate surface area is 175 Å². The van der Waals surface area contributed by atoms with Gasteiger partial charge >= 0.3 is 6.18 Å². The molecule has 0 fully saturated rings. The van der Waals surface area contributed by atoms with Crippen LogP contribution in [0.25, 0.3) is 0 Å². The number of anilines is 2. The van der Waals surface area contributed by atoms with Gasteiger partial charge in [0.1, 0.15) is 12.3 Å². The largest absolute Gasteiger partial charge is 0.495 e. The van der Waals surface area contributed by atoms with Crippen LogP contribution < -0.4 is 14.4 Å². The Hall–Kier alpha value is -2.17. The highest BCUT2D eigenvalue weighted by Gasteiger charge is 2.31. The van der Waals surface area contributed by atoms with Gasteiger partial charge in [-0.25, -0.2) is 8.42 Å². The van der Waals surface area contributed by atoms with Crippen LogP contribution in [0.4, 0.5) is 24.5 Å². The summed E-state index contributed by atoms with van der Waals surface area (Å²) in [5, 5.41) is 2.25. The fourth-order valence-corrected chi connectivity index (χ4v) is 3.54. The Kier molecular flexibility index (Phi) is 6.92. The van der Waals surface area contributed by atoms with E-state index in [2.05, 4.69) is 5.32 Å². The van der Waals surface area contributed by atoms with Crippen LogP contribution in [-0.2, 0) is 21.0 Å². The van der Waals surface area contributed by atoms with E-state index in [0.717, 1.165) is 18.4 Å². The predicted molar refractivity (Wildman–Crippen MR) is 105 cm³/mol. The maximum absolute atomic E-state index is 12.9. The van der Waals surface area contributed by atoms with Gasteiger partial charge in [0.25, 0.3) is 0 Å². The minimum Gasteiger partial charge on any atom is -0.495 e. The normalized spacial score (nSPS) is 11.8. The zero-order valence-corrected chi connectivity index (χ0v) is 17.4. The first-order chi connectivity index (χ1) is 13.3. The Morgan fingerprint density at radius 3 is 2.38 bits per heavy atom. The maximum Gasteiger partial charge on any atom is 0.416 e. The van der Waals surface area contributed by atoms with E-state index < -0.39 is 34.2 Å². The highest BCUT2D eigenvalue weighted by atomic mass is 35.5. The molecule has 0 radical (unpaired) electrons. The molecule has 1 N–H and O–H groups in total. The number of amides is 1. The fourth-order valence-electron chi connectivity index (χ4n) is 2.36. The number of halogens is 5. The molecule has 6 nitrogen and oxygen atoms in total. The number of rotatable bonds is 6. The van der Waals surface area contributed by atoms with E-state index in [1.54, 1.807) is 0 Å². The Bertz CT molecular complexity index is 1030. The lowest BCUT2D eigenvalue weighted by molar-refractivity contribution is -0.137. The molecule has 0 saturated heterocycles. The van der Waals surface area contributed by atoms with Crippen molar-refractivity contribution in [3.05, 3.63) is 52.0 Å². The molecule has 0 saturated carbocycles. The summed E-state index contributed by atoms with van der Waals surface area (Å²) in [7, 11) is -2.67. The van der Waals surface area contributed by atoms with Crippen LogP contribution >= 0.6 is 23.2 Å². The molecule has 0 unspecified atom stereocenters. The summed E-state index contributed by atoms with van der Waals surface area (Å²) in [6, 6.07) is 6.56. The third-order valence-corrected chi connectivity index (χ3v) is 5.36. The van der Waals surface area contributed by atoms with Gasteiger partial charge in [0, 0.05) is 5.02 Å². The Morgan fingerprint density at radius 1 is 1.17 bits per heavy atom. The molecule has 2 aromatic carbocycles. The number of nitrogens with zero attached hydrogens (tertiary/aromatic N) is 1. The lowest BCUT2D eigenvalue weighted by Crippen LogP contribution is -2.37. The molecule has 0 aliphatic carbocycles. The highest BCUT2D eigenvalue weighted by Crippen LogP contribution is 2.35. The molecule has 0 heterocycles. The van der Waals surface area contributed by atoms with Gasteiger partial charge in [0.15, 0.2) is 0 Å². The second-order valence-corrected chi connectivity index (χ2v) is 8.58. The summed E-state index contributed by atoms with van der Waals surface area (Å²) < 4.78 is 68.9. The quantitative estimate of drug-likeness (QED) is 0.677. The van der Waals surface area contributed by atoms with Gasteiger partial charge < -0.3 is 10.1 Å². The molecule has 0 atom stereocenters. The first-order valence-corrected chi connectivity index (χ1v) is 10.4. The van der Waals surface area contributed by atoms with Gasteiger partial charge in [-0.15, -0.1) is 0 Å². The number of benzene rings is 2. The first kappa shape index (κ1) is 23.1. The molecule has 0 bridgehead atoms. The molecule has 0 aliphatic heterocycles. The van der Waals surface area contributed by atoms with E-state index in [4.69, 9.17) is 27.9 Å². The average molecular weight is 471 g/mol. The summed E-state index contributed by atoms with van der Waals surface area (Å²) in [6.07, 6.45) is -3.78. The standard InChI is InChI=1S/C17H15Cl2F3N2O4S/c1-28-15-6-4-11(18)8-14(15)24(29(2,26)27)9-16(25)23-13-7-10(17(20,21)22)3-5-12(13)19/h3-8H,9H2,1-2H3,(H,23,25). The molecule has 0 aromatic heterocycles. The molecule has 29 heavy (non-hydrogen) atoms. The van der Waals surface area contributed by atoms with Gasteiger partial charge in [0.05, 0.1) is 35.3 Å². The zero-order chi connectivity index (χ0) is 22.0. The number of methoxy groups -OCH3 is 1. The van der Waals surface area contributed by atoms with Crippen molar-refractivity contribution in [3.63, 3.8) is 0 Å². The molecule has 2 rings (SSSR count). The van der Waals surface area contributed by atoms with Crippen molar-refractivity contribution in [3.8, 4) is 5.75 Å². The zero-order valence-electron chi connectivity index (χ0n) is 15.0. The minimum atomic E-state index is -4.64. The number of sulfonamides is 1. The van der Waals surface area contributed by atoms with Gasteiger partial charge in [-0.05, 0) is 36.4 Å². The third-order valence-electron chi connectivity index (χ3n) is 3.66. The number of nitrogens with one attached hydrogen (secondary N) is 1. The summed E-state index contributed by atoms with van der Waals surface area (Å²) in [5.74, 6) is -0.789. The maximum atomic E-state index is 12.9. The van der Waals surface area contributed by atoms with E-state index in [9.17, 15) is 26.4 Å². The molecule has 1 amide bonds. The van der Waals surface area contributed by atoms with Crippen molar-refractivity contribution >= 4 is 50.5 Å². The number of carbonyl (C=O) groups is 1. The summed E-state index contributed by atoms with van der Waals surface area (Å²) >= 11 is 11.8. The number of hydrogen-bond acceptors (Lipinski definition) is 4.